The molecule has 0 radical (unpaired) electrons. The van der Waals surface area contributed by atoms with E-state index in [1.54, 1.807) is 0 Å². The minimum absolute atomic E-state index is 1.14. The van der Waals surface area contributed by atoms with Crippen LogP contribution in [0.5, 0.6) is 0 Å². The van der Waals surface area contributed by atoms with E-state index in [0.717, 1.165) is 8.95 Å². The summed E-state index contributed by atoms with van der Waals surface area (Å²) in [7, 11) is 0. The van der Waals surface area contributed by atoms with Crippen LogP contribution in [0.25, 0.3) is 43.8 Å². The first-order valence-electron chi connectivity index (χ1n) is 9.18. The fourth-order valence-electron chi connectivity index (χ4n) is 3.74. The van der Waals surface area contributed by atoms with Gasteiger partial charge >= 0.3 is 0 Å². The fraction of sp³-hybridized carbons (Fsp3) is 0. The molecule has 0 amide bonds. The Kier molecular flexibility index (Phi) is 4.54. The third kappa shape index (κ3) is 2.97. The standard InChI is InChI=1S/C26H16Br2/c27-25-21-8-4-5-9-22(21)26(28)24-16-20(14-15-23(24)25)19-12-10-18(11-13-19)17-6-2-1-3-7-17/h1-16H. The zero-order valence-corrected chi connectivity index (χ0v) is 18.2. The molecule has 0 saturated carbocycles. The normalized spacial score (nSPS) is 11.2. The summed E-state index contributed by atoms with van der Waals surface area (Å²) in [5.41, 5.74) is 4.92. The molecule has 0 aliphatic rings. The summed E-state index contributed by atoms with van der Waals surface area (Å²) in [4.78, 5) is 0. The van der Waals surface area contributed by atoms with Crippen molar-refractivity contribution in [3.05, 3.63) is 106 Å². The molecule has 0 N–H and O–H groups in total. The van der Waals surface area contributed by atoms with Crippen molar-refractivity contribution in [1.29, 1.82) is 0 Å². The lowest BCUT2D eigenvalue weighted by molar-refractivity contribution is 1.60. The molecule has 0 saturated heterocycles. The fourth-order valence-corrected chi connectivity index (χ4v) is 5.10. The molecule has 0 aliphatic carbocycles. The summed E-state index contributed by atoms with van der Waals surface area (Å²) in [5, 5.41) is 4.88. The van der Waals surface area contributed by atoms with Gasteiger partial charge in [-0.1, -0.05) is 91.0 Å². The van der Waals surface area contributed by atoms with E-state index in [1.165, 1.54) is 43.8 Å². The number of rotatable bonds is 2. The maximum absolute atomic E-state index is 3.84. The molecule has 5 aromatic rings. The number of benzene rings is 5. The Morgan fingerprint density at radius 1 is 0.357 bits per heavy atom. The molecule has 0 bridgehead atoms. The Bertz CT molecular complexity index is 1300. The molecular formula is C26H16Br2. The number of fused-ring (bicyclic) bond motifs is 2. The first-order chi connectivity index (χ1) is 13.7. The highest BCUT2D eigenvalue weighted by atomic mass is 79.9. The molecule has 0 nitrogen and oxygen atoms in total. The summed E-state index contributed by atoms with van der Waals surface area (Å²) in [6, 6.07) is 34.4. The smallest absolute Gasteiger partial charge is 0.0333 e. The van der Waals surface area contributed by atoms with Crippen molar-refractivity contribution >= 4 is 53.4 Å². The van der Waals surface area contributed by atoms with Gasteiger partial charge in [-0.05, 0) is 81.7 Å². The van der Waals surface area contributed by atoms with E-state index in [2.05, 4.69) is 123 Å². The average molecular weight is 488 g/mol. The minimum Gasteiger partial charge on any atom is -0.0622 e. The lowest BCUT2D eigenvalue weighted by Crippen LogP contribution is -1.85. The van der Waals surface area contributed by atoms with E-state index >= 15 is 0 Å². The van der Waals surface area contributed by atoms with Gasteiger partial charge in [0.1, 0.15) is 0 Å². The summed E-state index contributed by atoms with van der Waals surface area (Å²) in [5.74, 6) is 0. The Hall–Kier alpha value is -2.42. The van der Waals surface area contributed by atoms with E-state index in [9.17, 15) is 0 Å². The van der Waals surface area contributed by atoms with Gasteiger partial charge in [-0.25, -0.2) is 0 Å². The summed E-state index contributed by atoms with van der Waals surface area (Å²) >= 11 is 7.66. The van der Waals surface area contributed by atoms with Crippen LogP contribution in [0.3, 0.4) is 0 Å². The van der Waals surface area contributed by atoms with Gasteiger partial charge in [-0.15, -0.1) is 0 Å². The number of hydrogen-bond acceptors (Lipinski definition) is 0. The second kappa shape index (κ2) is 7.20. The van der Waals surface area contributed by atoms with Crippen molar-refractivity contribution in [3.8, 4) is 22.3 Å². The van der Waals surface area contributed by atoms with Crippen LogP contribution in [-0.4, -0.2) is 0 Å². The monoisotopic (exact) mass is 486 g/mol. The molecule has 5 aromatic carbocycles. The summed E-state index contributed by atoms with van der Waals surface area (Å²) < 4.78 is 2.29. The second-order valence-corrected chi connectivity index (χ2v) is 8.46. The lowest BCUT2D eigenvalue weighted by Gasteiger charge is -2.12. The zero-order chi connectivity index (χ0) is 19.1. The highest BCUT2D eigenvalue weighted by Gasteiger charge is 2.11. The molecular weight excluding hydrogens is 472 g/mol. The molecule has 0 aliphatic heterocycles. The third-order valence-corrected chi connectivity index (χ3v) is 6.93. The van der Waals surface area contributed by atoms with Crippen molar-refractivity contribution in [2.75, 3.05) is 0 Å². The van der Waals surface area contributed by atoms with Crippen molar-refractivity contribution in [3.63, 3.8) is 0 Å². The number of hydrogen-bond donors (Lipinski definition) is 0. The molecule has 5 rings (SSSR count). The largest absolute Gasteiger partial charge is 0.0622 e. The highest BCUT2D eigenvalue weighted by molar-refractivity contribution is 9.11. The summed E-state index contributed by atoms with van der Waals surface area (Å²) in [6.45, 7) is 0. The van der Waals surface area contributed by atoms with Gasteiger partial charge in [-0.2, -0.15) is 0 Å². The Labute approximate surface area is 181 Å². The van der Waals surface area contributed by atoms with Gasteiger partial charge in [0.2, 0.25) is 0 Å². The molecule has 28 heavy (non-hydrogen) atoms. The van der Waals surface area contributed by atoms with Crippen molar-refractivity contribution < 1.29 is 0 Å². The molecule has 0 spiro atoms. The molecule has 0 heterocycles. The van der Waals surface area contributed by atoms with E-state index < -0.39 is 0 Å². The molecule has 0 fully saturated rings. The van der Waals surface area contributed by atoms with E-state index in [4.69, 9.17) is 0 Å². The summed E-state index contributed by atoms with van der Waals surface area (Å²) in [6.07, 6.45) is 0. The highest BCUT2D eigenvalue weighted by Crippen LogP contribution is 2.40. The van der Waals surface area contributed by atoms with Gasteiger partial charge in [0, 0.05) is 8.95 Å². The van der Waals surface area contributed by atoms with E-state index in [1.807, 2.05) is 6.07 Å². The maximum atomic E-state index is 3.84. The topological polar surface area (TPSA) is 0 Å². The van der Waals surface area contributed by atoms with Gasteiger partial charge in [-0.3, -0.25) is 0 Å². The van der Waals surface area contributed by atoms with Crippen molar-refractivity contribution in [2.24, 2.45) is 0 Å². The lowest BCUT2D eigenvalue weighted by atomic mass is 9.97. The van der Waals surface area contributed by atoms with Crippen molar-refractivity contribution in [2.45, 2.75) is 0 Å². The molecule has 0 aromatic heterocycles. The predicted octanol–water partition coefficient (Wildman–Crippen LogP) is 8.85. The Morgan fingerprint density at radius 3 is 1.43 bits per heavy atom. The first-order valence-corrected chi connectivity index (χ1v) is 10.8. The van der Waals surface area contributed by atoms with Gasteiger partial charge < -0.3 is 0 Å². The molecule has 134 valence electrons. The molecule has 0 atom stereocenters. The average Bonchev–Trinajstić information content (AvgIpc) is 2.78. The Morgan fingerprint density at radius 2 is 0.786 bits per heavy atom. The quantitative estimate of drug-likeness (QED) is 0.218. The maximum Gasteiger partial charge on any atom is 0.0333 e. The van der Waals surface area contributed by atoms with Gasteiger partial charge in [0.15, 0.2) is 0 Å². The van der Waals surface area contributed by atoms with Crippen LogP contribution in [0.4, 0.5) is 0 Å². The van der Waals surface area contributed by atoms with Crippen molar-refractivity contribution in [1.82, 2.24) is 0 Å². The van der Waals surface area contributed by atoms with Crippen LogP contribution in [0.2, 0.25) is 0 Å². The van der Waals surface area contributed by atoms with Crippen LogP contribution in [0, 0.1) is 0 Å². The molecule has 0 unspecified atom stereocenters. The van der Waals surface area contributed by atoms with Crippen LogP contribution in [0.1, 0.15) is 0 Å². The first kappa shape index (κ1) is 17.7. The van der Waals surface area contributed by atoms with Crippen LogP contribution in [0.15, 0.2) is 106 Å². The van der Waals surface area contributed by atoms with Gasteiger partial charge in [0.05, 0.1) is 0 Å². The molecule has 2 heteroatoms. The number of halogens is 2. The SMILES string of the molecule is Brc1c2ccccc2c(Br)c2cc(-c3ccc(-c4ccccc4)cc3)ccc12. The van der Waals surface area contributed by atoms with Crippen LogP contribution < -0.4 is 0 Å². The van der Waals surface area contributed by atoms with Gasteiger partial charge in [0.25, 0.3) is 0 Å². The van der Waals surface area contributed by atoms with Crippen LogP contribution in [-0.2, 0) is 0 Å². The minimum atomic E-state index is 1.14. The van der Waals surface area contributed by atoms with Crippen LogP contribution >= 0.6 is 31.9 Å². The van der Waals surface area contributed by atoms with E-state index in [-0.39, 0.29) is 0 Å². The predicted molar refractivity (Wildman–Crippen MR) is 128 cm³/mol. The third-order valence-electron chi connectivity index (χ3n) is 5.22. The van der Waals surface area contributed by atoms with E-state index in [0.29, 0.717) is 0 Å². The zero-order valence-electron chi connectivity index (χ0n) is 15.0. The Balaban J connectivity index is 1.64. The second-order valence-electron chi connectivity index (χ2n) is 6.88.